The van der Waals surface area contributed by atoms with Crippen molar-refractivity contribution in [1.82, 2.24) is 5.01 Å². The molecule has 0 bridgehead atoms. The second-order valence-electron chi connectivity index (χ2n) is 6.19. The van der Waals surface area contributed by atoms with Gasteiger partial charge in [0, 0.05) is 17.5 Å². The van der Waals surface area contributed by atoms with Gasteiger partial charge in [-0.3, -0.25) is 0 Å². The Hall–Kier alpha value is -3.21. The number of ether oxygens (including phenoxy) is 1. The van der Waals surface area contributed by atoms with E-state index in [0.29, 0.717) is 12.2 Å². The van der Waals surface area contributed by atoms with Crippen LogP contribution in [0.1, 0.15) is 35.6 Å². The van der Waals surface area contributed by atoms with Crippen molar-refractivity contribution >= 4 is 5.71 Å². The molecule has 0 saturated carbocycles. The molecule has 3 heterocycles. The first kappa shape index (κ1) is 14.2. The zero-order valence-corrected chi connectivity index (χ0v) is 13.4. The largest absolute Gasteiger partial charge is 0.507 e. The molecule has 0 saturated heterocycles. The minimum atomic E-state index is -0.418. The highest BCUT2D eigenvalue weighted by Gasteiger charge is 2.42. The Balaban J connectivity index is 1.62. The molecule has 2 aliphatic rings. The average Bonchev–Trinajstić information content (AvgIpc) is 3.31. The fourth-order valence-electron chi connectivity index (χ4n) is 3.53. The molecule has 0 aliphatic carbocycles. The number of hydrogen-bond donors (Lipinski definition) is 1. The van der Waals surface area contributed by atoms with E-state index in [1.54, 1.807) is 12.3 Å². The van der Waals surface area contributed by atoms with Crippen molar-refractivity contribution in [3.8, 4) is 11.5 Å². The van der Waals surface area contributed by atoms with Gasteiger partial charge in [0.2, 0.25) is 6.23 Å². The van der Waals surface area contributed by atoms with Crippen LogP contribution < -0.4 is 4.74 Å². The lowest BCUT2D eigenvalue weighted by Gasteiger charge is -2.36. The Morgan fingerprint density at radius 1 is 1.00 bits per heavy atom. The van der Waals surface area contributed by atoms with Crippen molar-refractivity contribution in [2.75, 3.05) is 0 Å². The molecule has 0 fully saturated rings. The van der Waals surface area contributed by atoms with Gasteiger partial charge in [-0.05, 0) is 30.3 Å². The predicted octanol–water partition coefficient (Wildman–Crippen LogP) is 4.23. The molecule has 0 amide bonds. The van der Waals surface area contributed by atoms with Crippen LogP contribution in [0.4, 0.5) is 0 Å². The summed E-state index contributed by atoms with van der Waals surface area (Å²) in [6.07, 6.45) is 1.92. The van der Waals surface area contributed by atoms with Gasteiger partial charge in [-0.1, -0.05) is 30.3 Å². The van der Waals surface area contributed by atoms with Gasteiger partial charge in [-0.15, -0.1) is 0 Å². The fourth-order valence-corrected chi connectivity index (χ4v) is 3.53. The molecular weight excluding hydrogens is 316 g/mol. The standard InChI is InChI=1S/C20H16N2O3/c23-17-8-3-1-6-13(17)15-12-16-14-7-2-4-9-18(14)25-20(22(16)21-15)19-10-5-11-24-19/h1-11,16,20,23H,12H2/t16-,20+/m1/s1. The number of hydrogen-bond acceptors (Lipinski definition) is 5. The van der Waals surface area contributed by atoms with Crippen LogP contribution in [0, 0.1) is 0 Å². The molecule has 3 aromatic rings. The average molecular weight is 332 g/mol. The van der Waals surface area contributed by atoms with Crippen LogP contribution in [0.3, 0.4) is 0 Å². The van der Waals surface area contributed by atoms with Crippen LogP contribution >= 0.6 is 0 Å². The lowest BCUT2D eigenvalue weighted by atomic mass is 9.96. The second kappa shape index (κ2) is 5.41. The third kappa shape index (κ3) is 2.20. The highest BCUT2D eigenvalue weighted by Crippen LogP contribution is 2.47. The van der Waals surface area contributed by atoms with Gasteiger partial charge in [0.25, 0.3) is 0 Å². The molecule has 0 spiro atoms. The summed E-state index contributed by atoms with van der Waals surface area (Å²) in [5.74, 6) is 1.80. The quantitative estimate of drug-likeness (QED) is 0.763. The Morgan fingerprint density at radius 3 is 2.68 bits per heavy atom. The maximum absolute atomic E-state index is 10.2. The summed E-state index contributed by atoms with van der Waals surface area (Å²) in [5, 5.41) is 16.9. The number of para-hydroxylation sites is 2. The number of phenols is 1. The number of benzene rings is 2. The van der Waals surface area contributed by atoms with Gasteiger partial charge in [0.05, 0.1) is 18.0 Å². The number of nitrogens with zero attached hydrogens (tertiary/aromatic N) is 2. The van der Waals surface area contributed by atoms with Crippen LogP contribution in [0.15, 0.2) is 76.4 Å². The van der Waals surface area contributed by atoms with Crippen LogP contribution in [0.25, 0.3) is 0 Å². The number of fused-ring (bicyclic) bond motifs is 3. The Bertz CT molecular complexity index is 949. The van der Waals surface area contributed by atoms with Crippen molar-refractivity contribution in [3.63, 3.8) is 0 Å². The van der Waals surface area contributed by atoms with Gasteiger partial charge >= 0.3 is 0 Å². The van der Waals surface area contributed by atoms with Gasteiger partial charge in [0.1, 0.15) is 11.5 Å². The Morgan fingerprint density at radius 2 is 1.84 bits per heavy atom. The van der Waals surface area contributed by atoms with Gasteiger partial charge in [0.15, 0.2) is 5.76 Å². The number of rotatable bonds is 2. The lowest BCUT2D eigenvalue weighted by molar-refractivity contribution is -0.0325. The van der Waals surface area contributed by atoms with Crippen LogP contribution in [-0.4, -0.2) is 15.8 Å². The van der Waals surface area contributed by atoms with E-state index in [1.807, 2.05) is 53.5 Å². The summed E-state index contributed by atoms with van der Waals surface area (Å²) < 4.78 is 11.7. The summed E-state index contributed by atoms with van der Waals surface area (Å²) in [6.45, 7) is 0. The van der Waals surface area contributed by atoms with Crippen LogP contribution in [-0.2, 0) is 0 Å². The van der Waals surface area contributed by atoms with E-state index < -0.39 is 6.23 Å². The number of aromatic hydroxyl groups is 1. The van der Waals surface area contributed by atoms with Gasteiger partial charge < -0.3 is 14.3 Å². The molecule has 2 atom stereocenters. The van der Waals surface area contributed by atoms with E-state index in [0.717, 1.165) is 22.6 Å². The van der Waals surface area contributed by atoms with Crippen molar-refractivity contribution in [1.29, 1.82) is 0 Å². The summed E-state index contributed by atoms with van der Waals surface area (Å²) in [4.78, 5) is 0. The van der Waals surface area contributed by atoms with Crippen LogP contribution in [0.2, 0.25) is 0 Å². The van der Waals surface area contributed by atoms with Crippen molar-refractivity contribution < 1.29 is 14.3 Å². The lowest BCUT2D eigenvalue weighted by Crippen LogP contribution is -2.33. The summed E-state index contributed by atoms with van der Waals surface area (Å²) in [7, 11) is 0. The zero-order chi connectivity index (χ0) is 16.8. The molecule has 5 nitrogen and oxygen atoms in total. The van der Waals surface area contributed by atoms with E-state index in [1.165, 1.54) is 0 Å². The second-order valence-corrected chi connectivity index (χ2v) is 6.19. The van der Waals surface area contributed by atoms with E-state index >= 15 is 0 Å². The summed E-state index contributed by atoms with van der Waals surface area (Å²) >= 11 is 0. The highest BCUT2D eigenvalue weighted by atomic mass is 16.5. The topological polar surface area (TPSA) is 58.2 Å². The molecular formula is C20H16N2O3. The maximum Gasteiger partial charge on any atom is 0.246 e. The van der Waals surface area contributed by atoms with Crippen molar-refractivity contribution in [2.45, 2.75) is 18.7 Å². The molecule has 5 rings (SSSR count). The number of phenolic OH excluding ortho intramolecular Hbond substituents is 1. The van der Waals surface area contributed by atoms with Crippen LogP contribution in [0.5, 0.6) is 11.5 Å². The predicted molar refractivity (Wildman–Crippen MR) is 92.4 cm³/mol. The van der Waals surface area contributed by atoms with E-state index in [2.05, 4.69) is 6.07 Å². The smallest absolute Gasteiger partial charge is 0.246 e. The molecule has 0 radical (unpaired) electrons. The Labute approximate surface area is 144 Å². The highest BCUT2D eigenvalue weighted by molar-refractivity contribution is 6.04. The summed E-state index contributed by atoms with van der Waals surface area (Å²) in [6, 6.07) is 19.1. The zero-order valence-electron chi connectivity index (χ0n) is 13.4. The fraction of sp³-hybridized carbons (Fsp3) is 0.150. The van der Waals surface area contributed by atoms with Crippen molar-refractivity contribution in [3.05, 3.63) is 83.8 Å². The van der Waals surface area contributed by atoms with E-state index in [9.17, 15) is 5.11 Å². The molecule has 25 heavy (non-hydrogen) atoms. The minimum Gasteiger partial charge on any atom is -0.507 e. The Kier molecular flexibility index (Phi) is 3.06. The van der Waals surface area contributed by atoms with E-state index in [4.69, 9.17) is 14.3 Å². The van der Waals surface area contributed by atoms with Crippen molar-refractivity contribution in [2.24, 2.45) is 5.10 Å². The number of furan rings is 1. The van der Waals surface area contributed by atoms with Gasteiger partial charge in [-0.25, -0.2) is 5.01 Å². The molecule has 124 valence electrons. The molecule has 2 aliphatic heterocycles. The molecule has 1 N–H and O–H groups in total. The first-order valence-corrected chi connectivity index (χ1v) is 8.24. The maximum atomic E-state index is 10.2. The van der Waals surface area contributed by atoms with E-state index in [-0.39, 0.29) is 11.8 Å². The van der Waals surface area contributed by atoms with Gasteiger partial charge in [-0.2, -0.15) is 5.10 Å². The SMILES string of the molecule is Oc1ccccc1C1=NN2[C@H](C1)c1ccccc1O[C@H]2c1ccco1. The first-order chi connectivity index (χ1) is 12.3. The molecule has 0 unspecified atom stereocenters. The molecule has 2 aromatic carbocycles. The first-order valence-electron chi connectivity index (χ1n) is 8.24. The third-order valence-electron chi connectivity index (χ3n) is 4.70. The number of hydrazone groups is 1. The summed E-state index contributed by atoms with van der Waals surface area (Å²) in [5.41, 5.74) is 2.70. The normalized spacial score (nSPS) is 21.3. The molecule has 1 aromatic heterocycles. The minimum absolute atomic E-state index is 0.0506. The third-order valence-corrected chi connectivity index (χ3v) is 4.70. The molecule has 5 heteroatoms. The monoisotopic (exact) mass is 332 g/mol.